The van der Waals surface area contributed by atoms with E-state index in [1.807, 2.05) is 30.3 Å². The Morgan fingerprint density at radius 2 is 1.71 bits per heavy atom. The number of hydrogen-bond acceptors (Lipinski definition) is 4. The van der Waals surface area contributed by atoms with Crippen molar-refractivity contribution in [2.45, 2.75) is 12.8 Å². The molecule has 4 aromatic rings. The molecule has 2 aromatic carbocycles. The van der Waals surface area contributed by atoms with Crippen LogP contribution in [0.15, 0.2) is 66.9 Å². The molecule has 0 amide bonds. The van der Waals surface area contributed by atoms with Gasteiger partial charge in [0.25, 0.3) is 0 Å². The fourth-order valence-electron chi connectivity index (χ4n) is 2.61. The van der Waals surface area contributed by atoms with E-state index in [9.17, 15) is 13.2 Å². The second kappa shape index (κ2) is 7.22. The summed E-state index contributed by atoms with van der Waals surface area (Å²) in [5.74, 6) is 1.90. The fourth-order valence-corrected chi connectivity index (χ4v) is 2.61. The van der Waals surface area contributed by atoms with Gasteiger partial charge in [0, 0.05) is 18.3 Å². The van der Waals surface area contributed by atoms with Crippen LogP contribution in [0, 0.1) is 0 Å². The molecule has 0 aliphatic heterocycles. The number of ether oxygens (including phenoxy) is 2. The number of aromatic nitrogens is 3. The minimum Gasteiger partial charge on any atom is -0.486 e. The van der Waals surface area contributed by atoms with Crippen LogP contribution >= 0.6 is 0 Å². The summed E-state index contributed by atoms with van der Waals surface area (Å²) in [7, 11) is 0. The second-order valence-electron chi connectivity index (χ2n) is 5.94. The summed E-state index contributed by atoms with van der Waals surface area (Å²) in [4.78, 5) is 10.8. The predicted octanol–water partition coefficient (Wildman–Crippen LogP) is 5.35. The molecule has 2 aromatic heterocycles. The highest BCUT2D eigenvalue weighted by atomic mass is 19.4. The van der Waals surface area contributed by atoms with Gasteiger partial charge in [-0.1, -0.05) is 18.2 Å². The van der Waals surface area contributed by atoms with E-state index in [4.69, 9.17) is 9.47 Å². The Balaban J connectivity index is 1.48. The highest BCUT2D eigenvalue weighted by Gasteiger charge is 2.32. The average molecular weight is 385 g/mol. The first-order chi connectivity index (χ1) is 13.5. The van der Waals surface area contributed by atoms with Crippen molar-refractivity contribution in [3.63, 3.8) is 0 Å². The van der Waals surface area contributed by atoms with Crippen LogP contribution < -0.4 is 9.47 Å². The molecule has 0 fully saturated rings. The molecule has 0 saturated heterocycles. The molecule has 0 saturated carbocycles. The Morgan fingerprint density at radius 3 is 2.50 bits per heavy atom. The fraction of sp³-hybridized carbons (Fsp3) is 0.100. The number of H-pyrrole nitrogens is 1. The zero-order valence-corrected chi connectivity index (χ0v) is 14.4. The van der Waals surface area contributed by atoms with E-state index in [0.29, 0.717) is 22.8 Å². The monoisotopic (exact) mass is 385 g/mol. The van der Waals surface area contributed by atoms with Crippen LogP contribution in [-0.2, 0) is 12.8 Å². The summed E-state index contributed by atoms with van der Waals surface area (Å²) in [6.07, 6.45) is -3.46. The molecule has 2 heterocycles. The van der Waals surface area contributed by atoms with Gasteiger partial charge in [0.1, 0.15) is 35.4 Å². The van der Waals surface area contributed by atoms with Gasteiger partial charge >= 0.3 is 6.18 Å². The van der Waals surface area contributed by atoms with Gasteiger partial charge in [0.05, 0.1) is 11.0 Å². The van der Waals surface area contributed by atoms with Gasteiger partial charge in [0.2, 0.25) is 0 Å². The van der Waals surface area contributed by atoms with E-state index in [1.165, 1.54) is 6.07 Å². The van der Waals surface area contributed by atoms with Crippen LogP contribution in [-0.4, -0.2) is 15.0 Å². The molecule has 4 rings (SSSR count). The van der Waals surface area contributed by atoms with E-state index in [1.54, 1.807) is 18.2 Å². The molecule has 0 aliphatic rings. The minimum absolute atomic E-state index is 0.00906. The summed E-state index contributed by atoms with van der Waals surface area (Å²) < 4.78 is 49.3. The van der Waals surface area contributed by atoms with E-state index >= 15 is 0 Å². The van der Waals surface area contributed by atoms with Gasteiger partial charge < -0.3 is 14.5 Å². The van der Waals surface area contributed by atoms with Gasteiger partial charge in [0.15, 0.2) is 0 Å². The van der Waals surface area contributed by atoms with Crippen molar-refractivity contribution in [2.75, 3.05) is 0 Å². The highest BCUT2D eigenvalue weighted by molar-refractivity contribution is 5.76. The Hall–Kier alpha value is -3.55. The normalized spacial score (nSPS) is 11.5. The van der Waals surface area contributed by atoms with Crippen molar-refractivity contribution in [1.82, 2.24) is 15.0 Å². The number of aromatic amines is 1. The van der Waals surface area contributed by atoms with Crippen LogP contribution in [0.2, 0.25) is 0 Å². The van der Waals surface area contributed by atoms with Gasteiger partial charge in [-0.3, -0.25) is 4.98 Å². The van der Waals surface area contributed by atoms with Crippen molar-refractivity contribution in [3.8, 4) is 17.2 Å². The van der Waals surface area contributed by atoms with Gasteiger partial charge in [-0.05, 0) is 30.3 Å². The lowest BCUT2D eigenvalue weighted by Crippen LogP contribution is -2.08. The SMILES string of the molecule is FC(F)(F)c1cc(OCc2nc3ccc(Oc4ccccc4)cc3[nH]2)ccn1. The van der Waals surface area contributed by atoms with E-state index in [-0.39, 0.29) is 12.4 Å². The molecule has 0 bridgehead atoms. The van der Waals surface area contributed by atoms with E-state index in [0.717, 1.165) is 17.8 Å². The Kier molecular flexibility index (Phi) is 4.60. The molecule has 142 valence electrons. The smallest absolute Gasteiger partial charge is 0.433 e. The standard InChI is InChI=1S/C20H14F3N3O2/c21-20(22,23)18-11-14(8-9-24-18)27-12-19-25-16-7-6-15(10-17(16)26-19)28-13-4-2-1-3-5-13/h1-11H,12H2,(H,25,26). The number of halogens is 3. The van der Waals surface area contributed by atoms with Crippen LogP contribution in [0.4, 0.5) is 13.2 Å². The number of nitrogens with one attached hydrogen (secondary N) is 1. The maximum absolute atomic E-state index is 12.7. The molecule has 0 atom stereocenters. The Labute approximate surface area is 157 Å². The lowest BCUT2D eigenvalue weighted by atomic mass is 10.3. The van der Waals surface area contributed by atoms with Gasteiger partial charge in [-0.25, -0.2) is 4.98 Å². The van der Waals surface area contributed by atoms with Crippen molar-refractivity contribution >= 4 is 11.0 Å². The predicted molar refractivity (Wildman–Crippen MR) is 96.2 cm³/mol. The molecule has 28 heavy (non-hydrogen) atoms. The Bertz CT molecular complexity index is 1090. The number of fused-ring (bicyclic) bond motifs is 1. The molecular formula is C20H14F3N3O2. The summed E-state index contributed by atoms with van der Waals surface area (Å²) in [5.41, 5.74) is 0.430. The maximum atomic E-state index is 12.7. The minimum atomic E-state index is -4.52. The molecule has 8 heteroatoms. The van der Waals surface area contributed by atoms with E-state index in [2.05, 4.69) is 15.0 Å². The van der Waals surface area contributed by atoms with Crippen LogP contribution in [0.25, 0.3) is 11.0 Å². The third kappa shape index (κ3) is 4.06. The first kappa shape index (κ1) is 17.8. The lowest BCUT2D eigenvalue weighted by Gasteiger charge is -2.08. The van der Waals surface area contributed by atoms with Crippen molar-refractivity contribution < 1.29 is 22.6 Å². The number of pyridine rings is 1. The van der Waals surface area contributed by atoms with Crippen molar-refractivity contribution in [2.24, 2.45) is 0 Å². The number of alkyl halides is 3. The van der Waals surface area contributed by atoms with E-state index < -0.39 is 11.9 Å². The summed E-state index contributed by atoms with van der Waals surface area (Å²) in [6, 6.07) is 17.0. The number of hydrogen-bond donors (Lipinski definition) is 1. The largest absolute Gasteiger partial charge is 0.486 e. The van der Waals surface area contributed by atoms with Crippen molar-refractivity contribution in [1.29, 1.82) is 0 Å². The molecular weight excluding hydrogens is 371 g/mol. The number of imidazole rings is 1. The van der Waals surface area contributed by atoms with Crippen LogP contribution in [0.1, 0.15) is 11.5 Å². The second-order valence-corrected chi connectivity index (χ2v) is 5.94. The summed E-state index contributed by atoms with van der Waals surface area (Å²) in [5, 5.41) is 0. The quantitative estimate of drug-likeness (QED) is 0.503. The molecule has 0 spiro atoms. The zero-order chi connectivity index (χ0) is 19.6. The molecule has 0 aliphatic carbocycles. The summed E-state index contributed by atoms with van der Waals surface area (Å²) in [6.45, 7) is -0.00906. The maximum Gasteiger partial charge on any atom is 0.433 e. The molecule has 0 radical (unpaired) electrons. The number of para-hydroxylation sites is 1. The number of benzene rings is 2. The third-order valence-electron chi connectivity index (χ3n) is 3.88. The third-order valence-corrected chi connectivity index (χ3v) is 3.88. The zero-order valence-electron chi connectivity index (χ0n) is 14.4. The molecule has 0 unspecified atom stereocenters. The Morgan fingerprint density at radius 1 is 0.893 bits per heavy atom. The first-order valence-electron chi connectivity index (χ1n) is 8.35. The van der Waals surface area contributed by atoms with Gasteiger partial charge in [-0.15, -0.1) is 0 Å². The topological polar surface area (TPSA) is 60.0 Å². The van der Waals surface area contributed by atoms with Crippen LogP contribution in [0.3, 0.4) is 0 Å². The summed E-state index contributed by atoms with van der Waals surface area (Å²) >= 11 is 0. The van der Waals surface area contributed by atoms with Gasteiger partial charge in [-0.2, -0.15) is 13.2 Å². The van der Waals surface area contributed by atoms with Crippen LogP contribution in [0.5, 0.6) is 17.2 Å². The highest BCUT2D eigenvalue weighted by Crippen LogP contribution is 2.30. The average Bonchev–Trinajstić information content (AvgIpc) is 3.09. The van der Waals surface area contributed by atoms with Crippen molar-refractivity contribution in [3.05, 3.63) is 78.4 Å². The number of rotatable bonds is 5. The molecule has 5 nitrogen and oxygen atoms in total. The first-order valence-corrected chi connectivity index (χ1v) is 8.35. The lowest BCUT2D eigenvalue weighted by molar-refractivity contribution is -0.141. The molecule has 1 N–H and O–H groups in total. The number of nitrogens with zero attached hydrogens (tertiary/aromatic N) is 2.